The lowest BCUT2D eigenvalue weighted by atomic mass is 9.87. The Morgan fingerprint density at radius 1 is 1.58 bits per heavy atom. The molecule has 3 nitrogen and oxygen atoms in total. The predicted molar refractivity (Wildman–Crippen MR) is 49.9 cm³/mol. The molecule has 0 aromatic rings. The lowest BCUT2D eigenvalue weighted by Gasteiger charge is -2.33. The Bertz CT molecular complexity index is 119. The van der Waals surface area contributed by atoms with Crippen molar-refractivity contribution >= 4 is 0 Å². The van der Waals surface area contributed by atoms with Crippen molar-refractivity contribution in [3.05, 3.63) is 0 Å². The summed E-state index contributed by atoms with van der Waals surface area (Å²) in [6.07, 6.45) is 3.91. The number of rotatable bonds is 5. The van der Waals surface area contributed by atoms with Crippen molar-refractivity contribution in [2.45, 2.75) is 50.8 Å². The van der Waals surface area contributed by atoms with E-state index in [9.17, 15) is 5.11 Å². The van der Waals surface area contributed by atoms with Crippen molar-refractivity contribution < 1.29 is 5.11 Å². The Labute approximate surface area is 74.3 Å². The monoisotopic (exact) mass is 172 g/mol. The van der Waals surface area contributed by atoms with Crippen molar-refractivity contribution in [3.8, 4) is 0 Å². The summed E-state index contributed by atoms with van der Waals surface area (Å²) in [5.74, 6) is 0. The summed E-state index contributed by atoms with van der Waals surface area (Å²) in [5.41, 5.74) is 5.63. The first-order valence-electron chi connectivity index (χ1n) is 4.89. The normalized spacial score (nSPS) is 31.2. The molecule has 0 spiro atoms. The van der Waals surface area contributed by atoms with Crippen LogP contribution >= 0.6 is 0 Å². The fourth-order valence-corrected chi connectivity index (χ4v) is 1.57. The Hall–Kier alpha value is -0.120. The van der Waals surface area contributed by atoms with Gasteiger partial charge >= 0.3 is 0 Å². The third-order valence-electron chi connectivity index (χ3n) is 2.44. The van der Waals surface area contributed by atoms with Crippen LogP contribution in [0.2, 0.25) is 0 Å². The molecule has 0 aromatic carbocycles. The van der Waals surface area contributed by atoms with Crippen molar-refractivity contribution in [1.29, 1.82) is 0 Å². The molecule has 0 amide bonds. The van der Waals surface area contributed by atoms with Gasteiger partial charge in [-0.2, -0.15) is 0 Å². The van der Waals surface area contributed by atoms with Gasteiger partial charge in [0.1, 0.15) is 0 Å². The van der Waals surface area contributed by atoms with E-state index in [1.807, 2.05) is 0 Å². The van der Waals surface area contributed by atoms with E-state index >= 15 is 0 Å². The molecule has 3 heteroatoms. The van der Waals surface area contributed by atoms with E-state index in [-0.39, 0.29) is 6.10 Å². The van der Waals surface area contributed by atoms with Crippen LogP contribution in [0, 0.1) is 0 Å². The SMILES string of the molecule is CCCC(O)CNC1CC(N)C1. The van der Waals surface area contributed by atoms with Gasteiger partial charge in [-0.05, 0) is 19.3 Å². The molecule has 1 saturated carbocycles. The highest BCUT2D eigenvalue weighted by Crippen LogP contribution is 2.17. The smallest absolute Gasteiger partial charge is 0.0664 e. The molecule has 72 valence electrons. The van der Waals surface area contributed by atoms with E-state index in [1.54, 1.807) is 0 Å². The summed E-state index contributed by atoms with van der Waals surface area (Å²) in [6, 6.07) is 0.956. The van der Waals surface area contributed by atoms with E-state index in [4.69, 9.17) is 5.73 Å². The van der Waals surface area contributed by atoms with Crippen molar-refractivity contribution in [1.82, 2.24) is 5.32 Å². The molecular formula is C9H20N2O. The average molecular weight is 172 g/mol. The lowest BCUT2D eigenvalue weighted by molar-refractivity contribution is 0.146. The number of nitrogens with one attached hydrogen (secondary N) is 1. The van der Waals surface area contributed by atoms with E-state index in [0.717, 1.165) is 32.2 Å². The molecule has 4 N–H and O–H groups in total. The summed E-state index contributed by atoms with van der Waals surface area (Å²) in [7, 11) is 0. The third kappa shape index (κ3) is 3.09. The first-order valence-corrected chi connectivity index (χ1v) is 4.89. The molecule has 0 saturated heterocycles. The molecule has 0 bridgehead atoms. The molecule has 1 aliphatic rings. The number of hydrogen-bond donors (Lipinski definition) is 3. The molecular weight excluding hydrogens is 152 g/mol. The predicted octanol–water partition coefficient (Wildman–Crippen LogP) is 0.227. The minimum atomic E-state index is -0.174. The van der Waals surface area contributed by atoms with Gasteiger partial charge in [0, 0.05) is 18.6 Å². The van der Waals surface area contributed by atoms with Crippen LogP contribution in [0.3, 0.4) is 0 Å². The molecule has 1 rings (SSSR count). The Morgan fingerprint density at radius 3 is 2.75 bits per heavy atom. The fourth-order valence-electron chi connectivity index (χ4n) is 1.57. The van der Waals surface area contributed by atoms with Crippen LogP contribution in [0.25, 0.3) is 0 Å². The molecule has 1 aliphatic carbocycles. The maximum absolute atomic E-state index is 9.39. The Balaban J connectivity index is 1.95. The summed E-state index contributed by atoms with van der Waals surface area (Å²) in [5, 5.41) is 12.7. The molecule has 1 unspecified atom stereocenters. The number of hydrogen-bond acceptors (Lipinski definition) is 3. The van der Waals surface area contributed by atoms with Gasteiger partial charge in [-0.25, -0.2) is 0 Å². The largest absolute Gasteiger partial charge is 0.392 e. The Morgan fingerprint density at radius 2 is 2.25 bits per heavy atom. The summed E-state index contributed by atoms with van der Waals surface area (Å²) in [4.78, 5) is 0. The molecule has 1 fully saturated rings. The molecule has 0 heterocycles. The van der Waals surface area contributed by atoms with E-state index in [1.165, 1.54) is 0 Å². The maximum Gasteiger partial charge on any atom is 0.0664 e. The van der Waals surface area contributed by atoms with Crippen LogP contribution in [0.1, 0.15) is 32.6 Å². The van der Waals surface area contributed by atoms with E-state index in [0.29, 0.717) is 12.1 Å². The van der Waals surface area contributed by atoms with Gasteiger partial charge in [0.25, 0.3) is 0 Å². The first kappa shape index (κ1) is 9.96. The average Bonchev–Trinajstić information content (AvgIpc) is 1.96. The number of aliphatic hydroxyl groups excluding tert-OH is 1. The third-order valence-corrected chi connectivity index (χ3v) is 2.44. The molecule has 1 atom stereocenters. The fraction of sp³-hybridized carbons (Fsp3) is 1.00. The van der Waals surface area contributed by atoms with Crippen molar-refractivity contribution in [2.24, 2.45) is 5.73 Å². The second-order valence-corrected chi connectivity index (χ2v) is 3.78. The minimum Gasteiger partial charge on any atom is -0.392 e. The van der Waals surface area contributed by atoms with Crippen LogP contribution in [0.15, 0.2) is 0 Å². The summed E-state index contributed by atoms with van der Waals surface area (Å²) < 4.78 is 0. The standard InChI is InChI=1S/C9H20N2O/c1-2-3-9(12)6-11-8-4-7(10)5-8/h7-9,11-12H,2-6,10H2,1H3. The minimum absolute atomic E-state index is 0.174. The highest BCUT2D eigenvalue weighted by Gasteiger charge is 2.25. The zero-order valence-corrected chi connectivity index (χ0v) is 7.79. The maximum atomic E-state index is 9.39. The molecule has 0 aliphatic heterocycles. The van der Waals surface area contributed by atoms with Crippen LogP contribution in [0.5, 0.6) is 0 Å². The quantitative estimate of drug-likeness (QED) is 0.556. The van der Waals surface area contributed by atoms with Gasteiger partial charge in [-0.1, -0.05) is 13.3 Å². The lowest BCUT2D eigenvalue weighted by Crippen LogP contribution is -2.50. The molecule has 0 radical (unpaired) electrons. The highest BCUT2D eigenvalue weighted by atomic mass is 16.3. The van der Waals surface area contributed by atoms with Gasteiger partial charge in [0.15, 0.2) is 0 Å². The van der Waals surface area contributed by atoms with Crippen LogP contribution in [-0.4, -0.2) is 29.8 Å². The van der Waals surface area contributed by atoms with E-state index in [2.05, 4.69) is 12.2 Å². The first-order chi connectivity index (χ1) is 5.72. The zero-order chi connectivity index (χ0) is 8.97. The van der Waals surface area contributed by atoms with E-state index < -0.39 is 0 Å². The topological polar surface area (TPSA) is 58.3 Å². The van der Waals surface area contributed by atoms with Gasteiger partial charge < -0.3 is 16.2 Å². The van der Waals surface area contributed by atoms with Crippen molar-refractivity contribution in [2.75, 3.05) is 6.54 Å². The van der Waals surface area contributed by atoms with Crippen LogP contribution in [-0.2, 0) is 0 Å². The van der Waals surface area contributed by atoms with Gasteiger partial charge in [0.05, 0.1) is 6.10 Å². The second kappa shape index (κ2) is 4.80. The Kier molecular flexibility index (Phi) is 3.98. The van der Waals surface area contributed by atoms with Crippen LogP contribution < -0.4 is 11.1 Å². The second-order valence-electron chi connectivity index (χ2n) is 3.78. The number of aliphatic hydroxyl groups is 1. The zero-order valence-electron chi connectivity index (χ0n) is 7.79. The van der Waals surface area contributed by atoms with Gasteiger partial charge in [-0.15, -0.1) is 0 Å². The van der Waals surface area contributed by atoms with Crippen LogP contribution in [0.4, 0.5) is 0 Å². The molecule has 12 heavy (non-hydrogen) atoms. The van der Waals surface area contributed by atoms with Gasteiger partial charge in [-0.3, -0.25) is 0 Å². The summed E-state index contributed by atoms with van der Waals surface area (Å²) in [6.45, 7) is 2.81. The van der Waals surface area contributed by atoms with Crippen molar-refractivity contribution in [3.63, 3.8) is 0 Å². The molecule has 0 aromatic heterocycles. The highest BCUT2D eigenvalue weighted by molar-refractivity contribution is 4.87. The van der Waals surface area contributed by atoms with Gasteiger partial charge in [0.2, 0.25) is 0 Å². The summed E-state index contributed by atoms with van der Waals surface area (Å²) >= 11 is 0. The number of nitrogens with two attached hydrogens (primary N) is 1.